The molecular weight excluding hydrogens is 236 g/mol. The molecule has 18 heavy (non-hydrogen) atoms. The van der Waals surface area contributed by atoms with Crippen LogP contribution in [-0.2, 0) is 9.53 Å². The second-order valence-corrected chi connectivity index (χ2v) is 4.02. The van der Waals surface area contributed by atoms with Gasteiger partial charge in [-0.3, -0.25) is 0 Å². The SMILES string of the molecule is CCCCOCCCNC(=O)NC(CC)C(=O)O. The summed E-state index contributed by atoms with van der Waals surface area (Å²) in [5, 5.41) is 13.7. The Kier molecular flexibility index (Phi) is 10.0. The Bertz CT molecular complexity index is 246. The molecule has 0 rings (SSSR count). The first-order chi connectivity index (χ1) is 8.61. The van der Waals surface area contributed by atoms with E-state index in [4.69, 9.17) is 9.84 Å². The second-order valence-electron chi connectivity index (χ2n) is 4.02. The zero-order chi connectivity index (χ0) is 13.8. The summed E-state index contributed by atoms with van der Waals surface area (Å²) in [6, 6.07) is -1.27. The van der Waals surface area contributed by atoms with Gasteiger partial charge in [-0.15, -0.1) is 0 Å². The van der Waals surface area contributed by atoms with Gasteiger partial charge in [-0.05, 0) is 19.3 Å². The monoisotopic (exact) mass is 260 g/mol. The quantitative estimate of drug-likeness (QED) is 0.517. The van der Waals surface area contributed by atoms with Crippen molar-refractivity contribution >= 4 is 12.0 Å². The van der Waals surface area contributed by atoms with Crippen LogP contribution in [0.3, 0.4) is 0 Å². The number of rotatable bonds is 10. The second kappa shape index (κ2) is 10.8. The van der Waals surface area contributed by atoms with Gasteiger partial charge in [-0.2, -0.15) is 0 Å². The molecular formula is C12H24N2O4. The molecule has 106 valence electrons. The summed E-state index contributed by atoms with van der Waals surface area (Å²) >= 11 is 0. The smallest absolute Gasteiger partial charge is 0.326 e. The topological polar surface area (TPSA) is 87.7 Å². The number of carboxylic acids is 1. The summed E-state index contributed by atoms with van der Waals surface area (Å²) in [5.41, 5.74) is 0. The molecule has 0 heterocycles. The first kappa shape index (κ1) is 16.7. The minimum absolute atomic E-state index is 0.364. The minimum Gasteiger partial charge on any atom is -0.480 e. The van der Waals surface area contributed by atoms with Crippen LogP contribution >= 0.6 is 0 Å². The van der Waals surface area contributed by atoms with Crippen molar-refractivity contribution in [2.24, 2.45) is 0 Å². The minimum atomic E-state index is -1.02. The highest BCUT2D eigenvalue weighted by atomic mass is 16.5. The fourth-order valence-electron chi connectivity index (χ4n) is 1.27. The molecule has 6 heteroatoms. The Hall–Kier alpha value is -1.30. The van der Waals surface area contributed by atoms with E-state index >= 15 is 0 Å². The summed E-state index contributed by atoms with van der Waals surface area (Å²) in [7, 11) is 0. The molecule has 0 aliphatic heterocycles. The van der Waals surface area contributed by atoms with Crippen LogP contribution in [0.5, 0.6) is 0 Å². The van der Waals surface area contributed by atoms with Crippen molar-refractivity contribution in [1.82, 2.24) is 10.6 Å². The number of urea groups is 1. The Morgan fingerprint density at radius 1 is 1.22 bits per heavy atom. The molecule has 2 amide bonds. The standard InChI is InChI=1S/C12H24N2O4/c1-3-5-8-18-9-6-7-13-12(17)14-10(4-2)11(15)16/h10H,3-9H2,1-2H3,(H,15,16)(H2,13,14,17). The molecule has 0 aromatic carbocycles. The zero-order valence-electron chi connectivity index (χ0n) is 11.2. The van der Waals surface area contributed by atoms with Crippen LogP contribution in [-0.4, -0.2) is 42.9 Å². The fourth-order valence-corrected chi connectivity index (χ4v) is 1.27. The van der Waals surface area contributed by atoms with Crippen molar-refractivity contribution in [3.63, 3.8) is 0 Å². The highest BCUT2D eigenvalue weighted by Crippen LogP contribution is 1.91. The molecule has 0 saturated heterocycles. The first-order valence-electron chi connectivity index (χ1n) is 6.46. The predicted molar refractivity (Wildman–Crippen MR) is 68.6 cm³/mol. The van der Waals surface area contributed by atoms with Crippen molar-refractivity contribution in [3.8, 4) is 0 Å². The van der Waals surface area contributed by atoms with Gasteiger partial charge in [0.15, 0.2) is 0 Å². The first-order valence-corrected chi connectivity index (χ1v) is 6.46. The number of hydrogen-bond acceptors (Lipinski definition) is 3. The summed E-state index contributed by atoms with van der Waals surface area (Å²) < 4.78 is 5.33. The molecule has 1 atom stereocenters. The lowest BCUT2D eigenvalue weighted by Crippen LogP contribution is -2.45. The molecule has 0 aromatic rings. The van der Waals surface area contributed by atoms with Gasteiger partial charge in [-0.1, -0.05) is 20.3 Å². The maximum absolute atomic E-state index is 11.3. The van der Waals surface area contributed by atoms with E-state index in [1.807, 2.05) is 0 Å². The van der Waals surface area contributed by atoms with Gasteiger partial charge in [0.2, 0.25) is 0 Å². The summed E-state index contributed by atoms with van der Waals surface area (Å²) in [6.07, 6.45) is 3.24. The van der Waals surface area contributed by atoms with Crippen LogP contribution in [0.1, 0.15) is 39.5 Å². The molecule has 3 N–H and O–H groups in total. The van der Waals surface area contributed by atoms with Gasteiger partial charge in [0.05, 0.1) is 0 Å². The van der Waals surface area contributed by atoms with Gasteiger partial charge >= 0.3 is 12.0 Å². The average molecular weight is 260 g/mol. The summed E-state index contributed by atoms with van der Waals surface area (Å²) in [4.78, 5) is 22.0. The maximum Gasteiger partial charge on any atom is 0.326 e. The van der Waals surface area contributed by atoms with E-state index in [2.05, 4.69) is 17.6 Å². The van der Waals surface area contributed by atoms with Gasteiger partial charge in [0, 0.05) is 19.8 Å². The van der Waals surface area contributed by atoms with Gasteiger partial charge in [0.25, 0.3) is 0 Å². The van der Waals surface area contributed by atoms with Gasteiger partial charge in [-0.25, -0.2) is 9.59 Å². The number of ether oxygens (including phenoxy) is 1. The van der Waals surface area contributed by atoms with E-state index in [9.17, 15) is 9.59 Å². The number of aliphatic carboxylic acids is 1. The lowest BCUT2D eigenvalue weighted by Gasteiger charge is -2.13. The largest absolute Gasteiger partial charge is 0.480 e. The normalized spacial score (nSPS) is 11.9. The molecule has 0 aliphatic rings. The van der Waals surface area contributed by atoms with Crippen molar-refractivity contribution in [1.29, 1.82) is 0 Å². The van der Waals surface area contributed by atoms with Crippen LogP contribution in [0.25, 0.3) is 0 Å². The molecule has 0 fully saturated rings. The molecule has 0 bridgehead atoms. The van der Waals surface area contributed by atoms with Gasteiger partial charge in [0.1, 0.15) is 6.04 Å². The highest BCUT2D eigenvalue weighted by molar-refractivity contribution is 5.82. The van der Waals surface area contributed by atoms with E-state index in [-0.39, 0.29) is 0 Å². The number of carbonyl (C=O) groups excluding carboxylic acids is 1. The molecule has 0 radical (unpaired) electrons. The third-order valence-corrected chi connectivity index (χ3v) is 2.40. The Morgan fingerprint density at radius 2 is 1.89 bits per heavy atom. The summed E-state index contributed by atoms with van der Waals surface area (Å²) in [6.45, 7) is 5.65. The van der Waals surface area contributed by atoms with Crippen LogP contribution in [0, 0.1) is 0 Å². The molecule has 0 aromatic heterocycles. The molecule has 6 nitrogen and oxygen atoms in total. The van der Waals surface area contributed by atoms with E-state index in [0.29, 0.717) is 19.6 Å². The summed E-state index contributed by atoms with van der Waals surface area (Å²) in [5.74, 6) is -1.02. The lowest BCUT2D eigenvalue weighted by molar-refractivity contribution is -0.139. The number of hydrogen-bond donors (Lipinski definition) is 3. The third kappa shape index (κ3) is 8.81. The number of amides is 2. The van der Waals surface area contributed by atoms with E-state index in [0.717, 1.165) is 25.9 Å². The maximum atomic E-state index is 11.3. The predicted octanol–water partition coefficient (Wildman–Crippen LogP) is 1.36. The number of nitrogens with one attached hydrogen (secondary N) is 2. The molecule has 1 unspecified atom stereocenters. The third-order valence-electron chi connectivity index (χ3n) is 2.40. The lowest BCUT2D eigenvalue weighted by atomic mass is 10.2. The Morgan fingerprint density at radius 3 is 2.44 bits per heavy atom. The van der Waals surface area contributed by atoms with Crippen molar-refractivity contribution < 1.29 is 19.4 Å². The molecule has 0 aliphatic carbocycles. The van der Waals surface area contributed by atoms with Crippen LogP contribution < -0.4 is 10.6 Å². The van der Waals surface area contributed by atoms with Crippen LogP contribution in [0.2, 0.25) is 0 Å². The molecule has 0 saturated carbocycles. The average Bonchev–Trinajstić information content (AvgIpc) is 2.34. The Balaban J connectivity index is 3.50. The van der Waals surface area contributed by atoms with Crippen LogP contribution in [0.4, 0.5) is 4.79 Å². The van der Waals surface area contributed by atoms with Crippen LogP contribution in [0.15, 0.2) is 0 Å². The molecule has 0 spiro atoms. The number of carbonyl (C=O) groups is 2. The number of carboxylic acid groups (broad SMARTS) is 1. The van der Waals surface area contributed by atoms with E-state index < -0.39 is 18.0 Å². The van der Waals surface area contributed by atoms with E-state index in [1.54, 1.807) is 6.92 Å². The fraction of sp³-hybridized carbons (Fsp3) is 0.833. The van der Waals surface area contributed by atoms with Gasteiger partial charge < -0.3 is 20.5 Å². The van der Waals surface area contributed by atoms with Crippen molar-refractivity contribution in [3.05, 3.63) is 0 Å². The van der Waals surface area contributed by atoms with E-state index in [1.165, 1.54) is 0 Å². The highest BCUT2D eigenvalue weighted by Gasteiger charge is 2.16. The number of unbranched alkanes of at least 4 members (excludes halogenated alkanes) is 1. The Labute approximate surface area is 108 Å². The van der Waals surface area contributed by atoms with Crippen molar-refractivity contribution in [2.75, 3.05) is 19.8 Å². The van der Waals surface area contributed by atoms with Crippen molar-refractivity contribution in [2.45, 2.75) is 45.6 Å². The zero-order valence-corrected chi connectivity index (χ0v) is 11.2.